The standard InChI is InChI=1S/C16H24F2N2O/c1-2-8-21-13-4-3-7-20(11-13)16(10-19)14-6-5-12(17)9-15(14)18/h5-6,9,13,16H,2-4,7-8,10-11,19H2,1H3. The first-order valence-corrected chi connectivity index (χ1v) is 7.66. The first-order valence-electron chi connectivity index (χ1n) is 7.66. The first-order chi connectivity index (χ1) is 10.2. The van der Waals surface area contributed by atoms with E-state index in [-0.39, 0.29) is 12.1 Å². The SMILES string of the molecule is CCCOC1CCCN(C(CN)c2ccc(F)cc2F)C1. The van der Waals surface area contributed by atoms with Crippen LogP contribution in [0.1, 0.15) is 37.8 Å². The number of piperidine rings is 1. The highest BCUT2D eigenvalue weighted by Crippen LogP contribution is 2.27. The Labute approximate surface area is 125 Å². The maximum atomic E-state index is 14.0. The minimum Gasteiger partial charge on any atom is -0.377 e. The molecule has 0 radical (unpaired) electrons. The molecular weight excluding hydrogens is 274 g/mol. The second-order valence-corrected chi connectivity index (χ2v) is 5.55. The van der Waals surface area contributed by atoms with Crippen molar-refractivity contribution in [1.82, 2.24) is 4.90 Å². The van der Waals surface area contributed by atoms with E-state index >= 15 is 0 Å². The van der Waals surface area contributed by atoms with E-state index in [9.17, 15) is 8.78 Å². The van der Waals surface area contributed by atoms with Gasteiger partial charge in [-0.2, -0.15) is 0 Å². The number of ether oxygens (including phenoxy) is 1. The van der Waals surface area contributed by atoms with Crippen LogP contribution in [0.3, 0.4) is 0 Å². The normalized spacial score (nSPS) is 21.4. The van der Waals surface area contributed by atoms with Gasteiger partial charge in [-0.05, 0) is 31.9 Å². The Bertz CT molecular complexity index is 456. The Morgan fingerprint density at radius 2 is 2.24 bits per heavy atom. The monoisotopic (exact) mass is 298 g/mol. The molecule has 0 aromatic heterocycles. The molecule has 1 fully saturated rings. The van der Waals surface area contributed by atoms with Gasteiger partial charge in [0, 0.05) is 31.3 Å². The van der Waals surface area contributed by atoms with Crippen molar-refractivity contribution in [2.75, 3.05) is 26.2 Å². The van der Waals surface area contributed by atoms with Crippen LogP contribution in [-0.2, 0) is 4.74 Å². The van der Waals surface area contributed by atoms with Gasteiger partial charge in [-0.25, -0.2) is 8.78 Å². The van der Waals surface area contributed by atoms with Crippen molar-refractivity contribution >= 4 is 0 Å². The van der Waals surface area contributed by atoms with E-state index in [2.05, 4.69) is 11.8 Å². The molecule has 5 heteroatoms. The molecule has 2 unspecified atom stereocenters. The fourth-order valence-electron chi connectivity index (χ4n) is 2.91. The Balaban J connectivity index is 2.09. The summed E-state index contributed by atoms with van der Waals surface area (Å²) in [6.07, 6.45) is 3.20. The molecule has 21 heavy (non-hydrogen) atoms. The maximum Gasteiger partial charge on any atom is 0.130 e. The van der Waals surface area contributed by atoms with Gasteiger partial charge in [0.15, 0.2) is 0 Å². The summed E-state index contributed by atoms with van der Waals surface area (Å²) in [5, 5.41) is 0. The average molecular weight is 298 g/mol. The molecule has 1 aliphatic rings. The molecule has 2 rings (SSSR count). The van der Waals surface area contributed by atoms with Gasteiger partial charge in [0.1, 0.15) is 11.6 Å². The van der Waals surface area contributed by atoms with Crippen molar-refractivity contribution in [3.63, 3.8) is 0 Å². The maximum absolute atomic E-state index is 14.0. The van der Waals surface area contributed by atoms with E-state index in [1.165, 1.54) is 12.1 Å². The zero-order valence-corrected chi connectivity index (χ0v) is 12.5. The van der Waals surface area contributed by atoms with Gasteiger partial charge in [-0.15, -0.1) is 0 Å². The van der Waals surface area contributed by atoms with Crippen molar-refractivity contribution in [3.8, 4) is 0 Å². The van der Waals surface area contributed by atoms with Crippen LogP contribution in [0.4, 0.5) is 8.78 Å². The summed E-state index contributed by atoms with van der Waals surface area (Å²) in [6, 6.07) is 3.49. The molecule has 0 bridgehead atoms. The highest BCUT2D eigenvalue weighted by atomic mass is 19.1. The number of hydrogen-bond donors (Lipinski definition) is 1. The van der Waals surface area contributed by atoms with E-state index < -0.39 is 11.6 Å². The highest BCUT2D eigenvalue weighted by molar-refractivity contribution is 5.23. The van der Waals surface area contributed by atoms with Gasteiger partial charge in [-0.3, -0.25) is 4.90 Å². The van der Waals surface area contributed by atoms with Crippen LogP contribution >= 0.6 is 0 Å². The molecular formula is C16H24F2N2O. The lowest BCUT2D eigenvalue weighted by Crippen LogP contribution is -2.44. The molecule has 1 aromatic carbocycles. The topological polar surface area (TPSA) is 38.5 Å². The van der Waals surface area contributed by atoms with Crippen LogP contribution in [0.15, 0.2) is 18.2 Å². The summed E-state index contributed by atoms with van der Waals surface area (Å²) < 4.78 is 32.8. The summed E-state index contributed by atoms with van der Waals surface area (Å²) in [4.78, 5) is 2.15. The number of halogens is 2. The lowest BCUT2D eigenvalue weighted by molar-refractivity contribution is -0.0122. The molecule has 1 aliphatic heterocycles. The third kappa shape index (κ3) is 4.22. The van der Waals surface area contributed by atoms with Gasteiger partial charge in [0.25, 0.3) is 0 Å². The lowest BCUT2D eigenvalue weighted by Gasteiger charge is -2.38. The third-order valence-corrected chi connectivity index (χ3v) is 3.95. The molecule has 1 aromatic rings. The summed E-state index contributed by atoms with van der Waals surface area (Å²) >= 11 is 0. The smallest absolute Gasteiger partial charge is 0.130 e. The molecule has 0 saturated carbocycles. The van der Waals surface area contributed by atoms with Crippen LogP contribution in [0.2, 0.25) is 0 Å². The molecule has 118 valence electrons. The predicted molar refractivity (Wildman–Crippen MR) is 79.0 cm³/mol. The van der Waals surface area contributed by atoms with E-state index in [1.807, 2.05) is 0 Å². The number of rotatable bonds is 6. The quantitative estimate of drug-likeness (QED) is 0.877. The second-order valence-electron chi connectivity index (χ2n) is 5.55. The zero-order valence-electron chi connectivity index (χ0n) is 12.5. The van der Waals surface area contributed by atoms with Crippen LogP contribution in [0.5, 0.6) is 0 Å². The fraction of sp³-hybridized carbons (Fsp3) is 0.625. The summed E-state index contributed by atoms with van der Waals surface area (Å²) in [7, 11) is 0. The first kappa shape index (κ1) is 16.3. The van der Waals surface area contributed by atoms with Gasteiger partial charge in [0.2, 0.25) is 0 Å². The minimum atomic E-state index is -0.560. The van der Waals surface area contributed by atoms with Gasteiger partial charge >= 0.3 is 0 Å². The van der Waals surface area contributed by atoms with Gasteiger partial charge in [-0.1, -0.05) is 13.0 Å². The van der Waals surface area contributed by atoms with Gasteiger partial charge < -0.3 is 10.5 Å². The van der Waals surface area contributed by atoms with Crippen LogP contribution in [0, 0.1) is 11.6 Å². The van der Waals surface area contributed by atoms with E-state index in [0.717, 1.165) is 45.0 Å². The molecule has 2 atom stereocenters. The molecule has 1 heterocycles. The molecule has 0 aliphatic carbocycles. The predicted octanol–water partition coefficient (Wildman–Crippen LogP) is 2.86. The number of nitrogens with two attached hydrogens (primary N) is 1. The number of hydrogen-bond acceptors (Lipinski definition) is 3. The average Bonchev–Trinajstić information content (AvgIpc) is 2.48. The van der Waals surface area contributed by atoms with Crippen molar-refractivity contribution in [2.45, 2.75) is 38.3 Å². The van der Waals surface area contributed by atoms with Crippen molar-refractivity contribution in [3.05, 3.63) is 35.4 Å². The molecule has 1 saturated heterocycles. The van der Waals surface area contributed by atoms with Crippen molar-refractivity contribution in [2.24, 2.45) is 5.73 Å². The number of benzene rings is 1. The summed E-state index contributed by atoms with van der Waals surface area (Å²) in [5.74, 6) is -1.09. The molecule has 3 nitrogen and oxygen atoms in total. The van der Waals surface area contributed by atoms with Crippen molar-refractivity contribution in [1.29, 1.82) is 0 Å². The van der Waals surface area contributed by atoms with Crippen molar-refractivity contribution < 1.29 is 13.5 Å². The van der Waals surface area contributed by atoms with E-state index in [0.29, 0.717) is 12.1 Å². The highest BCUT2D eigenvalue weighted by Gasteiger charge is 2.28. The Morgan fingerprint density at radius 3 is 2.90 bits per heavy atom. The van der Waals surface area contributed by atoms with Gasteiger partial charge in [0.05, 0.1) is 12.1 Å². The molecule has 0 spiro atoms. The largest absolute Gasteiger partial charge is 0.377 e. The van der Waals surface area contributed by atoms with E-state index in [1.54, 1.807) is 0 Å². The Kier molecular flexibility index (Phi) is 6.08. The second kappa shape index (κ2) is 7.82. The molecule has 0 amide bonds. The summed E-state index contributed by atoms with van der Waals surface area (Å²) in [5.41, 5.74) is 6.31. The number of likely N-dealkylation sites (tertiary alicyclic amines) is 1. The van der Waals surface area contributed by atoms with E-state index in [4.69, 9.17) is 10.5 Å². The van der Waals surface area contributed by atoms with Crippen LogP contribution in [0.25, 0.3) is 0 Å². The minimum absolute atomic E-state index is 0.177. The van der Waals surface area contributed by atoms with Crippen LogP contribution in [-0.4, -0.2) is 37.2 Å². The third-order valence-electron chi connectivity index (χ3n) is 3.95. The zero-order chi connectivity index (χ0) is 15.2. The summed E-state index contributed by atoms with van der Waals surface area (Å²) in [6.45, 7) is 4.75. The Hall–Kier alpha value is -1.04. The number of nitrogens with zero attached hydrogens (tertiary/aromatic N) is 1. The fourth-order valence-corrected chi connectivity index (χ4v) is 2.91. The molecule has 2 N–H and O–H groups in total. The Morgan fingerprint density at radius 1 is 1.43 bits per heavy atom. The van der Waals surface area contributed by atoms with Crippen LogP contribution < -0.4 is 5.73 Å². The lowest BCUT2D eigenvalue weighted by atomic mass is 10.00.